The van der Waals surface area contributed by atoms with E-state index in [0.717, 1.165) is 31.1 Å². The number of rotatable bonds is 8. The Morgan fingerprint density at radius 3 is 2.96 bits per heavy atom. The van der Waals surface area contributed by atoms with Crippen LogP contribution in [0.25, 0.3) is 0 Å². The molecule has 23 heavy (non-hydrogen) atoms. The fraction of sp³-hybridized carbons (Fsp3) is 0.684. The normalized spacial score (nSPS) is 24.5. The second kappa shape index (κ2) is 8.90. The second-order valence-electron chi connectivity index (χ2n) is 6.75. The summed E-state index contributed by atoms with van der Waals surface area (Å²) in [5, 5.41) is 8.88. The number of ether oxygens (including phenoxy) is 1. The van der Waals surface area contributed by atoms with Crippen LogP contribution in [-0.2, 0) is 14.3 Å². The topological polar surface area (TPSA) is 63.6 Å². The monoisotopic (exact) mass is 320 g/mol. The Morgan fingerprint density at radius 1 is 1.39 bits per heavy atom. The van der Waals surface area contributed by atoms with Crippen molar-refractivity contribution in [2.24, 2.45) is 11.8 Å². The molecule has 0 amide bonds. The number of hydrogen-bond donors (Lipinski definition) is 1. The van der Waals surface area contributed by atoms with E-state index in [9.17, 15) is 9.59 Å². The summed E-state index contributed by atoms with van der Waals surface area (Å²) >= 11 is 0. The molecular weight excluding hydrogens is 292 g/mol. The predicted molar refractivity (Wildman–Crippen MR) is 88.9 cm³/mol. The lowest BCUT2D eigenvalue weighted by molar-refractivity contribution is -0.151. The van der Waals surface area contributed by atoms with Gasteiger partial charge < -0.3 is 9.84 Å². The fourth-order valence-corrected chi connectivity index (χ4v) is 3.90. The van der Waals surface area contributed by atoms with Gasteiger partial charge in [-0.2, -0.15) is 0 Å². The predicted octanol–water partition coefficient (Wildman–Crippen LogP) is 4.26. The zero-order valence-corrected chi connectivity index (χ0v) is 14.0. The molecule has 1 N–H and O–H groups in total. The first-order valence-electron chi connectivity index (χ1n) is 8.82. The van der Waals surface area contributed by atoms with Crippen LogP contribution in [0.3, 0.4) is 0 Å². The second-order valence-corrected chi connectivity index (χ2v) is 6.75. The molecule has 3 atom stereocenters. The number of carboxylic acids is 1. The van der Waals surface area contributed by atoms with Crippen LogP contribution in [0, 0.1) is 11.8 Å². The summed E-state index contributed by atoms with van der Waals surface area (Å²) in [6, 6.07) is 0. The van der Waals surface area contributed by atoms with E-state index in [1.54, 1.807) is 0 Å². The van der Waals surface area contributed by atoms with Crippen LogP contribution < -0.4 is 0 Å². The summed E-state index contributed by atoms with van der Waals surface area (Å²) in [7, 11) is 0. The summed E-state index contributed by atoms with van der Waals surface area (Å²) in [6.07, 6.45) is 15.2. The molecule has 0 spiro atoms. The van der Waals surface area contributed by atoms with E-state index in [1.807, 2.05) is 0 Å². The summed E-state index contributed by atoms with van der Waals surface area (Å²) in [6.45, 7) is 1.33. The zero-order valence-electron chi connectivity index (χ0n) is 14.0. The van der Waals surface area contributed by atoms with Gasteiger partial charge in [0.25, 0.3) is 0 Å². The molecule has 2 aliphatic carbocycles. The van der Waals surface area contributed by atoms with Crippen molar-refractivity contribution in [3.63, 3.8) is 0 Å². The molecule has 0 aromatic carbocycles. The number of carboxylic acid groups (broad SMARTS) is 1. The highest BCUT2D eigenvalue weighted by molar-refractivity contribution is 5.69. The number of allylic oxidation sites excluding steroid dienone is 4. The molecule has 2 aliphatic rings. The van der Waals surface area contributed by atoms with E-state index in [2.05, 4.69) is 18.2 Å². The van der Waals surface area contributed by atoms with E-state index in [-0.39, 0.29) is 6.42 Å². The smallest absolute Gasteiger partial charge is 0.307 e. The van der Waals surface area contributed by atoms with Gasteiger partial charge in [-0.1, -0.05) is 24.6 Å². The first-order chi connectivity index (χ1) is 11.1. The molecule has 0 saturated heterocycles. The van der Waals surface area contributed by atoms with Crippen LogP contribution in [0.5, 0.6) is 0 Å². The van der Waals surface area contributed by atoms with Crippen molar-refractivity contribution in [2.45, 2.75) is 70.8 Å². The SMILES string of the molecule is CC(=O)OC(CCCCC1CC=CC2=CCCCC21)CC(=O)O. The Bertz CT molecular complexity index is 462. The lowest BCUT2D eigenvalue weighted by atomic mass is 9.72. The van der Waals surface area contributed by atoms with Crippen molar-refractivity contribution < 1.29 is 19.4 Å². The lowest BCUT2D eigenvalue weighted by Gasteiger charge is -2.33. The molecule has 0 fully saturated rings. The molecule has 4 nitrogen and oxygen atoms in total. The van der Waals surface area contributed by atoms with Crippen molar-refractivity contribution in [3.05, 3.63) is 23.8 Å². The van der Waals surface area contributed by atoms with E-state index >= 15 is 0 Å². The van der Waals surface area contributed by atoms with Gasteiger partial charge in [0.15, 0.2) is 0 Å². The molecule has 0 aromatic rings. The number of hydrogen-bond acceptors (Lipinski definition) is 3. The van der Waals surface area contributed by atoms with Crippen molar-refractivity contribution in [1.29, 1.82) is 0 Å². The maximum absolute atomic E-state index is 11.0. The van der Waals surface area contributed by atoms with E-state index < -0.39 is 18.0 Å². The third kappa shape index (κ3) is 5.85. The molecule has 128 valence electrons. The van der Waals surface area contributed by atoms with E-state index in [0.29, 0.717) is 6.42 Å². The number of esters is 1. The quantitative estimate of drug-likeness (QED) is 0.536. The highest BCUT2D eigenvalue weighted by Crippen LogP contribution is 2.39. The molecule has 4 heteroatoms. The highest BCUT2D eigenvalue weighted by Gasteiger charge is 2.27. The lowest BCUT2D eigenvalue weighted by Crippen LogP contribution is -2.22. The Labute approximate surface area is 138 Å². The highest BCUT2D eigenvalue weighted by atomic mass is 16.5. The molecule has 0 saturated carbocycles. The van der Waals surface area contributed by atoms with Crippen LogP contribution in [-0.4, -0.2) is 23.1 Å². The molecular formula is C19H28O4. The third-order valence-corrected chi connectivity index (χ3v) is 4.93. The largest absolute Gasteiger partial charge is 0.481 e. The van der Waals surface area contributed by atoms with E-state index in [1.165, 1.54) is 38.2 Å². The number of fused-ring (bicyclic) bond motifs is 1. The Kier molecular flexibility index (Phi) is 6.87. The van der Waals surface area contributed by atoms with Crippen LogP contribution in [0.1, 0.15) is 64.7 Å². The van der Waals surface area contributed by atoms with Gasteiger partial charge in [0.1, 0.15) is 6.10 Å². The molecule has 0 aliphatic heterocycles. The first kappa shape index (κ1) is 17.8. The molecule has 2 rings (SSSR count). The molecule has 0 bridgehead atoms. The maximum atomic E-state index is 11.0. The third-order valence-electron chi connectivity index (χ3n) is 4.93. The van der Waals surface area contributed by atoms with Gasteiger partial charge in [0.05, 0.1) is 6.42 Å². The van der Waals surface area contributed by atoms with Gasteiger partial charge in [0.2, 0.25) is 0 Å². The minimum atomic E-state index is -0.911. The fourth-order valence-electron chi connectivity index (χ4n) is 3.90. The molecule has 0 radical (unpaired) electrons. The molecule has 3 unspecified atom stereocenters. The molecule has 0 heterocycles. The van der Waals surface area contributed by atoms with Crippen molar-refractivity contribution in [1.82, 2.24) is 0 Å². The van der Waals surface area contributed by atoms with Gasteiger partial charge in [-0.25, -0.2) is 0 Å². The number of carbonyl (C=O) groups is 2. The van der Waals surface area contributed by atoms with E-state index in [4.69, 9.17) is 9.84 Å². The minimum absolute atomic E-state index is 0.0960. The van der Waals surface area contributed by atoms with Crippen LogP contribution >= 0.6 is 0 Å². The van der Waals surface area contributed by atoms with Gasteiger partial charge in [-0.15, -0.1) is 0 Å². The first-order valence-corrected chi connectivity index (χ1v) is 8.82. The summed E-state index contributed by atoms with van der Waals surface area (Å²) in [5.41, 5.74) is 1.52. The van der Waals surface area contributed by atoms with Gasteiger partial charge >= 0.3 is 11.9 Å². The number of unbranched alkanes of at least 4 members (excludes halogenated alkanes) is 1. The van der Waals surface area contributed by atoms with Crippen LogP contribution in [0.15, 0.2) is 23.8 Å². The standard InChI is InChI=1S/C19H28O4/c1-14(20)23-17(13-19(21)22)11-4-2-7-15-9-6-10-16-8-3-5-12-18(15)16/h6,8,10,15,17-18H,2-5,7,9,11-13H2,1H3,(H,21,22). The van der Waals surface area contributed by atoms with Gasteiger partial charge in [-0.05, 0) is 62.4 Å². The minimum Gasteiger partial charge on any atom is -0.481 e. The molecule has 0 aromatic heterocycles. The number of aliphatic carboxylic acids is 1. The van der Waals surface area contributed by atoms with Crippen molar-refractivity contribution in [2.75, 3.05) is 0 Å². The van der Waals surface area contributed by atoms with Crippen LogP contribution in [0.4, 0.5) is 0 Å². The Morgan fingerprint density at radius 2 is 2.22 bits per heavy atom. The number of carbonyl (C=O) groups excluding carboxylic acids is 1. The Balaban J connectivity index is 1.74. The van der Waals surface area contributed by atoms with Crippen molar-refractivity contribution >= 4 is 11.9 Å². The summed E-state index contributed by atoms with van der Waals surface area (Å²) < 4.78 is 5.10. The average molecular weight is 320 g/mol. The summed E-state index contributed by atoms with van der Waals surface area (Å²) in [4.78, 5) is 21.9. The van der Waals surface area contributed by atoms with Gasteiger partial charge in [-0.3, -0.25) is 9.59 Å². The maximum Gasteiger partial charge on any atom is 0.307 e. The van der Waals surface area contributed by atoms with Gasteiger partial charge in [0, 0.05) is 6.92 Å². The Hall–Kier alpha value is -1.58. The summed E-state index contributed by atoms with van der Waals surface area (Å²) in [5.74, 6) is 0.131. The van der Waals surface area contributed by atoms with Crippen LogP contribution in [0.2, 0.25) is 0 Å². The van der Waals surface area contributed by atoms with Crippen molar-refractivity contribution in [3.8, 4) is 0 Å². The zero-order chi connectivity index (χ0) is 16.7. The average Bonchev–Trinajstić information content (AvgIpc) is 2.50.